The van der Waals surface area contributed by atoms with Crippen molar-refractivity contribution < 1.29 is 17.6 Å². The van der Waals surface area contributed by atoms with Crippen molar-refractivity contribution in [3.05, 3.63) is 24.2 Å². The number of furan rings is 1. The van der Waals surface area contributed by atoms with E-state index in [9.17, 15) is 13.2 Å². The van der Waals surface area contributed by atoms with Crippen molar-refractivity contribution in [2.45, 2.75) is 19.6 Å². The van der Waals surface area contributed by atoms with Crippen molar-refractivity contribution in [1.82, 2.24) is 10.2 Å². The van der Waals surface area contributed by atoms with Gasteiger partial charge < -0.3 is 9.73 Å². The van der Waals surface area contributed by atoms with Gasteiger partial charge in [0.05, 0.1) is 19.4 Å². The van der Waals surface area contributed by atoms with Crippen LogP contribution < -0.4 is 5.32 Å². The Morgan fingerprint density at radius 3 is 2.71 bits per heavy atom. The molecule has 6 heteroatoms. The molecular formula is C11H17F3N2O. The zero-order valence-electron chi connectivity index (χ0n) is 9.76. The van der Waals surface area contributed by atoms with E-state index in [4.69, 9.17) is 4.42 Å². The van der Waals surface area contributed by atoms with E-state index in [1.165, 1.54) is 4.90 Å². The highest BCUT2D eigenvalue weighted by atomic mass is 19.4. The van der Waals surface area contributed by atoms with Gasteiger partial charge in [0, 0.05) is 13.1 Å². The molecule has 0 atom stereocenters. The average molecular weight is 250 g/mol. The van der Waals surface area contributed by atoms with Crippen LogP contribution in [0.5, 0.6) is 0 Å². The smallest absolute Gasteiger partial charge is 0.401 e. The molecule has 0 aliphatic rings. The molecule has 0 aromatic carbocycles. The molecule has 0 saturated heterocycles. The maximum absolute atomic E-state index is 12.1. The molecule has 3 nitrogen and oxygen atoms in total. The first-order valence-electron chi connectivity index (χ1n) is 5.53. The van der Waals surface area contributed by atoms with E-state index in [0.717, 1.165) is 5.76 Å². The molecule has 0 fully saturated rings. The molecule has 1 aromatic heterocycles. The van der Waals surface area contributed by atoms with E-state index < -0.39 is 12.7 Å². The molecule has 1 rings (SSSR count). The predicted molar refractivity (Wildman–Crippen MR) is 58.6 cm³/mol. The summed E-state index contributed by atoms with van der Waals surface area (Å²) in [6, 6.07) is 3.60. The number of rotatable bonds is 7. The third-order valence-electron chi connectivity index (χ3n) is 2.33. The van der Waals surface area contributed by atoms with Crippen molar-refractivity contribution in [3.63, 3.8) is 0 Å². The van der Waals surface area contributed by atoms with Crippen molar-refractivity contribution in [3.8, 4) is 0 Å². The Hall–Kier alpha value is -1.01. The Labute approximate surface area is 98.6 Å². The molecule has 0 spiro atoms. The number of nitrogens with one attached hydrogen (secondary N) is 1. The highest BCUT2D eigenvalue weighted by Crippen LogP contribution is 2.15. The fourth-order valence-electron chi connectivity index (χ4n) is 1.46. The van der Waals surface area contributed by atoms with Gasteiger partial charge in [0.25, 0.3) is 0 Å². The van der Waals surface area contributed by atoms with Gasteiger partial charge in [-0.05, 0) is 18.7 Å². The molecule has 0 bridgehead atoms. The predicted octanol–water partition coefficient (Wildman–Crippen LogP) is 2.25. The van der Waals surface area contributed by atoms with Gasteiger partial charge in [0.1, 0.15) is 5.76 Å². The monoisotopic (exact) mass is 250 g/mol. The Morgan fingerprint density at radius 1 is 1.41 bits per heavy atom. The van der Waals surface area contributed by atoms with E-state index in [2.05, 4.69) is 5.32 Å². The summed E-state index contributed by atoms with van der Waals surface area (Å²) < 4.78 is 41.5. The Bertz CT molecular complexity index is 298. The van der Waals surface area contributed by atoms with E-state index in [-0.39, 0.29) is 0 Å². The molecule has 0 amide bonds. The van der Waals surface area contributed by atoms with Gasteiger partial charge in [-0.25, -0.2) is 0 Å². The topological polar surface area (TPSA) is 28.4 Å². The van der Waals surface area contributed by atoms with Gasteiger partial charge in [-0.15, -0.1) is 0 Å². The second-order valence-electron chi connectivity index (χ2n) is 3.74. The van der Waals surface area contributed by atoms with Crippen molar-refractivity contribution >= 4 is 0 Å². The molecular weight excluding hydrogens is 233 g/mol. The summed E-state index contributed by atoms with van der Waals surface area (Å²) >= 11 is 0. The van der Waals surface area contributed by atoms with E-state index >= 15 is 0 Å². The molecule has 1 N–H and O–H groups in total. The number of likely N-dealkylation sites (N-methyl/N-ethyl adjacent to an activating group) is 1. The standard InChI is InChI=1S/C11H17F3N2O/c1-2-16(9-11(12,13)14)6-5-15-8-10-4-3-7-17-10/h3-4,7,15H,2,5-6,8-9H2,1H3. The van der Waals surface area contributed by atoms with E-state index in [1.807, 2.05) is 6.07 Å². The second kappa shape index (κ2) is 6.66. The molecule has 0 unspecified atom stereocenters. The van der Waals surface area contributed by atoms with E-state index in [0.29, 0.717) is 26.2 Å². The maximum Gasteiger partial charge on any atom is 0.401 e. The van der Waals surface area contributed by atoms with Crippen LogP contribution in [0.4, 0.5) is 13.2 Å². The molecule has 1 heterocycles. The first-order chi connectivity index (χ1) is 8.01. The number of alkyl halides is 3. The summed E-state index contributed by atoms with van der Waals surface area (Å²) in [4.78, 5) is 1.36. The number of nitrogens with zero attached hydrogens (tertiary/aromatic N) is 1. The molecule has 1 aromatic rings. The summed E-state index contributed by atoms with van der Waals surface area (Å²) in [6.07, 6.45) is -2.56. The maximum atomic E-state index is 12.1. The quantitative estimate of drug-likeness (QED) is 0.752. The molecule has 0 aliphatic carbocycles. The van der Waals surface area contributed by atoms with Gasteiger partial charge in [-0.3, -0.25) is 4.90 Å². The van der Waals surface area contributed by atoms with E-state index in [1.54, 1.807) is 19.3 Å². The molecule has 0 radical (unpaired) electrons. The number of halogens is 3. The third kappa shape index (κ3) is 6.33. The summed E-state index contributed by atoms with van der Waals surface area (Å²) in [6.45, 7) is 2.67. The van der Waals surface area contributed by atoms with Crippen LogP contribution in [0.25, 0.3) is 0 Å². The van der Waals surface area contributed by atoms with Crippen LogP contribution in [-0.4, -0.2) is 37.3 Å². The molecule has 98 valence electrons. The Morgan fingerprint density at radius 2 is 2.18 bits per heavy atom. The third-order valence-corrected chi connectivity index (χ3v) is 2.33. The highest BCUT2D eigenvalue weighted by Gasteiger charge is 2.29. The Kier molecular flexibility index (Phi) is 5.50. The average Bonchev–Trinajstić information content (AvgIpc) is 2.73. The van der Waals surface area contributed by atoms with Crippen molar-refractivity contribution in [2.24, 2.45) is 0 Å². The fraction of sp³-hybridized carbons (Fsp3) is 0.636. The zero-order valence-corrected chi connectivity index (χ0v) is 9.76. The van der Waals surface area contributed by atoms with Crippen LogP contribution in [-0.2, 0) is 6.54 Å². The normalized spacial score (nSPS) is 12.3. The van der Waals surface area contributed by atoms with Crippen molar-refractivity contribution in [2.75, 3.05) is 26.2 Å². The van der Waals surface area contributed by atoms with Crippen LogP contribution in [0, 0.1) is 0 Å². The highest BCUT2D eigenvalue weighted by molar-refractivity contribution is 4.97. The van der Waals surface area contributed by atoms with Gasteiger partial charge >= 0.3 is 6.18 Å². The number of hydrogen-bond acceptors (Lipinski definition) is 3. The fourth-order valence-corrected chi connectivity index (χ4v) is 1.46. The summed E-state index contributed by atoms with van der Waals surface area (Å²) in [5.74, 6) is 0.781. The van der Waals surface area contributed by atoms with Crippen LogP contribution in [0.3, 0.4) is 0 Å². The Balaban J connectivity index is 2.15. The van der Waals surface area contributed by atoms with Gasteiger partial charge in [-0.1, -0.05) is 6.92 Å². The summed E-state index contributed by atoms with van der Waals surface area (Å²) in [5, 5.41) is 3.04. The molecule has 17 heavy (non-hydrogen) atoms. The first kappa shape index (κ1) is 14.1. The lowest BCUT2D eigenvalue weighted by Gasteiger charge is -2.21. The minimum atomic E-state index is -4.13. The molecule has 0 aliphatic heterocycles. The van der Waals surface area contributed by atoms with Gasteiger partial charge in [0.2, 0.25) is 0 Å². The minimum Gasteiger partial charge on any atom is -0.468 e. The van der Waals surface area contributed by atoms with Crippen LogP contribution in [0.1, 0.15) is 12.7 Å². The van der Waals surface area contributed by atoms with Crippen LogP contribution >= 0.6 is 0 Å². The van der Waals surface area contributed by atoms with Crippen molar-refractivity contribution in [1.29, 1.82) is 0 Å². The summed E-state index contributed by atoms with van der Waals surface area (Å²) in [5.41, 5.74) is 0. The van der Waals surface area contributed by atoms with Crippen LogP contribution in [0.15, 0.2) is 22.8 Å². The first-order valence-corrected chi connectivity index (χ1v) is 5.53. The van der Waals surface area contributed by atoms with Crippen LogP contribution in [0.2, 0.25) is 0 Å². The lowest BCUT2D eigenvalue weighted by atomic mass is 10.4. The second-order valence-corrected chi connectivity index (χ2v) is 3.74. The number of hydrogen-bond donors (Lipinski definition) is 1. The molecule has 0 saturated carbocycles. The SMILES string of the molecule is CCN(CCNCc1ccco1)CC(F)(F)F. The largest absolute Gasteiger partial charge is 0.468 e. The lowest BCUT2D eigenvalue weighted by Crippen LogP contribution is -2.38. The zero-order chi connectivity index (χ0) is 12.7. The lowest BCUT2D eigenvalue weighted by molar-refractivity contribution is -0.145. The minimum absolute atomic E-state index is 0.372. The summed E-state index contributed by atoms with van der Waals surface area (Å²) in [7, 11) is 0. The van der Waals surface area contributed by atoms with Gasteiger partial charge in [-0.2, -0.15) is 13.2 Å². The van der Waals surface area contributed by atoms with Gasteiger partial charge in [0.15, 0.2) is 0 Å².